The van der Waals surface area contributed by atoms with Crippen LogP contribution in [0.1, 0.15) is 59.4 Å². The second-order valence-electron chi connectivity index (χ2n) is 11.3. The maximum Gasteiger partial charge on any atom is 0.250 e. The van der Waals surface area contributed by atoms with Gasteiger partial charge in [0.25, 0.3) is 0 Å². The van der Waals surface area contributed by atoms with Gasteiger partial charge in [0.15, 0.2) is 0 Å². The third-order valence-electron chi connectivity index (χ3n) is 8.09. The summed E-state index contributed by atoms with van der Waals surface area (Å²) in [6.07, 6.45) is 6.68. The van der Waals surface area contributed by atoms with E-state index < -0.39 is 13.7 Å². The van der Waals surface area contributed by atoms with E-state index in [1.54, 1.807) is 7.11 Å². The molecule has 0 N–H and O–H groups in total. The van der Waals surface area contributed by atoms with Crippen molar-refractivity contribution in [1.82, 2.24) is 0 Å². The lowest BCUT2D eigenvalue weighted by molar-refractivity contribution is -0.133. The number of hydrogen-bond acceptors (Lipinski definition) is 3. The van der Waals surface area contributed by atoms with Crippen molar-refractivity contribution in [2.24, 2.45) is 17.3 Å². The Labute approximate surface area is 195 Å². The Morgan fingerprint density at radius 2 is 1.84 bits per heavy atom. The van der Waals surface area contributed by atoms with Crippen molar-refractivity contribution >= 4 is 20.2 Å². The minimum absolute atomic E-state index is 0.0594. The summed E-state index contributed by atoms with van der Waals surface area (Å²) >= 11 is 0. The van der Waals surface area contributed by atoms with Gasteiger partial charge in [0, 0.05) is 12.0 Å². The maximum atomic E-state index is 13.6. The fourth-order valence-corrected chi connectivity index (χ4v) is 5.87. The van der Waals surface area contributed by atoms with E-state index in [2.05, 4.69) is 72.5 Å². The number of benzene rings is 1. The molecule has 0 aromatic heterocycles. The first-order chi connectivity index (χ1) is 14.8. The predicted molar refractivity (Wildman–Crippen MR) is 136 cm³/mol. The van der Waals surface area contributed by atoms with Crippen molar-refractivity contribution in [3.05, 3.63) is 59.4 Å². The molecule has 0 aliphatic heterocycles. The Morgan fingerprint density at radius 1 is 1.19 bits per heavy atom. The molecule has 4 heteroatoms. The number of ether oxygens (including phenoxy) is 1. The van der Waals surface area contributed by atoms with E-state index in [9.17, 15) is 4.79 Å². The molecule has 0 spiro atoms. The lowest BCUT2D eigenvalue weighted by Gasteiger charge is -2.44. The number of carbonyl (C=O) groups is 1. The monoisotopic (exact) mass is 452 g/mol. The van der Waals surface area contributed by atoms with Crippen LogP contribution in [0, 0.1) is 17.3 Å². The third-order valence-corrected chi connectivity index (χ3v) is 12.4. The van der Waals surface area contributed by atoms with E-state index in [4.69, 9.17) is 9.16 Å². The Hall–Kier alpha value is -2.07. The summed E-state index contributed by atoms with van der Waals surface area (Å²) in [6, 6.07) is 8.01. The lowest BCUT2D eigenvalue weighted by atomic mass is 9.63. The van der Waals surface area contributed by atoms with Crippen LogP contribution in [-0.4, -0.2) is 21.2 Å². The van der Waals surface area contributed by atoms with Crippen LogP contribution in [0.5, 0.6) is 5.75 Å². The first kappa shape index (κ1) is 24.6. The quantitative estimate of drug-likeness (QED) is 0.330. The summed E-state index contributed by atoms with van der Waals surface area (Å²) in [4.78, 5) is 13.6. The van der Waals surface area contributed by atoms with Crippen molar-refractivity contribution in [2.75, 3.05) is 7.11 Å². The molecular formula is C28H40O3Si. The Kier molecular flexibility index (Phi) is 6.68. The lowest BCUT2D eigenvalue weighted by Crippen LogP contribution is -2.47. The van der Waals surface area contributed by atoms with E-state index in [1.165, 1.54) is 0 Å². The number of ketones is 1. The summed E-state index contributed by atoms with van der Waals surface area (Å²) in [7, 11) is -0.422. The van der Waals surface area contributed by atoms with Gasteiger partial charge in [-0.2, -0.15) is 0 Å². The minimum atomic E-state index is -2.12. The standard InChI is InChI=1S/C28H40O3Si/c1-19(2)22-17-23-16-21(15-14-20-12-10-11-13-24(20)30-7)26(28(23,6)25(29)18-22)31-32(8,9)27(3,4)5/h10-15,22-23H,1,16-18H2,2-9H3/b15-14+/t22-,23?,28-/m1/s1. The molecule has 3 nitrogen and oxygen atoms in total. The highest BCUT2D eigenvalue weighted by Gasteiger charge is 2.56. The molecule has 0 amide bonds. The SMILES string of the molecule is C=C(C)[C@H]1CC(=O)[C@]2(C)C(O[Si](C)(C)C(C)(C)C)=C(/C=C/c3ccccc3OC)CC2C1. The second-order valence-corrected chi connectivity index (χ2v) is 16.0. The van der Waals surface area contributed by atoms with Crippen molar-refractivity contribution < 1.29 is 14.0 Å². The van der Waals surface area contributed by atoms with Crippen LogP contribution < -0.4 is 4.74 Å². The zero-order chi connectivity index (χ0) is 23.9. The molecule has 1 unspecified atom stereocenters. The molecule has 3 rings (SSSR count). The Morgan fingerprint density at radius 3 is 2.44 bits per heavy atom. The van der Waals surface area contributed by atoms with Crippen LogP contribution in [0.25, 0.3) is 6.08 Å². The number of rotatable bonds is 6. The highest BCUT2D eigenvalue weighted by atomic mass is 28.4. The first-order valence-electron chi connectivity index (χ1n) is 11.7. The van der Waals surface area contributed by atoms with Crippen LogP contribution >= 0.6 is 0 Å². The summed E-state index contributed by atoms with van der Waals surface area (Å²) in [5.41, 5.74) is 2.75. The average molecular weight is 453 g/mol. The van der Waals surface area contributed by atoms with Gasteiger partial charge in [-0.1, -0.05) is 63.3 Å². The van der Waals surface area contributed by atoms with Crippen LogP contribution in [0.3, 0.4) is 0 Å². The number of methoxy groups -OCH3 is 1. The smallest absolute Gasteiger partial charge is 0.250 e. The predicted octanol–water partition coefficient (Wildman–Crippen LogP) is 7.57. The molecule has 0 saturated heterocycles. The zero-order valence-corrected chi connectivity index (χ0v) is 22.2. The summed E-state index contributed by atoms with van der Waals surface area (Å²) in [5.74, 6) is 2.59. The van der Waals surface area contributed by atoms with Gasteiger partial charge in [-0.25, -0.2) is 0 Å². The van der Waals surface area contributed by atoms with Gasteiger partial charge < -0.3 is 9.16 Å². The number of allylic oxidation sites excluding steroid dienone is 4. The fraction of sp³-hybridized carbons (Fsp3) is 0.536. The molecular weight excluding hydrogens is 412 g/mol. The number of Topliss-reactive ketones (excluding diaryl/α,β-unsaturated/α-hetero) is 1. The van der Waals surface area contributed by atoms with Crippen LogP contribution in [-0.2, 0) is 9.22 Å². The number of hydrogen-bond donors (Lipinski definition) is 0. The van der Waals surface area contributed by atoms with Crippen LogP contribution in [0.15, 0.2) is 53.8 Å². The molecule has 1 aromatic rings. The molecule has 1 aromatic carbocycles. The van der Waals surface area contributed by atoms with Gasteiger partial charge in [-0.15, -0.1) is 0 Å². The summed E-state index contributed by atoms with van der Waals surface area (Å²) in [6.45, 7) is 19.6. The topological polar surface area (TPSA) is 35.5 Å². The Bertz CT molecular complexity index is 963. The normalized spacial score (nSPS) is 26.4. The van der Waals surface area contributed by atoms with Gasteiger partial charge >= 0.3 is 0 Å². The van der Waals surface area contributed by atoms with Crippen molar-refractivity contribution in [3.8, 4) is 5.75 Å². The van der Waals surface area contributed by atoms with Gasteiger partial charge in [0.2, 0.25) is 8.32 Å². The first-order valence-corrected chi connectivity index (χ1v) is 14.6. The zero-order valence-electron chi connectivity index (χ0n) is 21.2. The number of para-hydroxylation sites is 1. The molecule has 3 atom stereocenters. The largest absolute Gasteiger partial charge is 0.545 e. The van der Waals surface area contributed by atoms with Crippen molar-refractivity contribution in [2.45, 2.75) is 72.0 Å². The summed E-state index contributed by atoms with van der Waals surface area (Å²) < 4.78 is 12.5. The molecule has 0 bridgehead atoms. The molecule has 174 valence electrons. The molecule has 0 radical (unpaired) electrons. The molecule has 1 fully saturated rings. The van der Waals surface area contributed by atoms with Crippen molar-refractivity contribution in [1.29, 1.82) is 0 Å². The van der Waals surface area contributed by atoms with Gasteiger partial charge in [0.05, 0.1) is 18.3 Å². The highest BCUT2D eigenvalue weighted by molar-refractivity contribution is 6.74. The third kappa shape index (κ3) is 4.39. The van der Waals surface area contributed by atoms with Crippen molar-refractivity contribution in [3.63, 3.8) is 0 Å². The Balaban J connectivity index is 2.07. The van der Waals surface area contributed by atoms with E-state index in [0.717, 1.165) is 41.1 Å². The summed E-state index contributed by atoms with van der Waals surface area (Å²) in [5, 5.41) is 0.0594. The van der Waals surface area contributed by atoms with Gasteiger partial charge in [-0.05, 0) is 68.3 Å². The van der Waals surface area contributed by atoms with E-state index in [0.29, 0.717) is 12.2 Å². The molecule has 0 heterocycles. The highest BCUT2D eigenvalue weighted by Crippen LogP contribution is 2.57. The maximum absolute atomic E-state index is 13.6. The molecule has 2 aliphatic carbocycles. The second kappa shape index (κ2) is 8.70. The van der Waals surface area contributed by atoms with Crippen LogP contribution in [0.2, 0.25) is 18.1 Å². The van der Waals surface area contributed by atoms with E-state index in [1.807, 2.05) is 18.2 Å². The fourth-order valence-electron chi connectivity index (χ4n) is 4.71. The molecule has 1 saturated carbocycles. The van der Waals surface area contributed by atoms with Crippen LogP contribution in [0.4, 0.5) is 0 Å². The average Bonchev–Trinajstić information content (AvgIpc) is 2.98. The number of carbonyl (C=O) groups excluding carboxylic acids is 1. The van der Waals surface area contributed by atoms with E-state index in [-0.39, 0.29) is 16.9 Å². The van der Waals surface area contributed by atoms with Gasteiger partial charge in [-0.3, -0.25) is 4.79 Å². The van der Waals surface area contributed by atoms with Gasteiger partial charge in [0.1, 0.15) is 11.5 Å². The molecule has 2 aliphatic rings. The number of fused-ring (bicyclic) bond motifs is 1. The minimum Gasteiger partial charge on any atom is -0.545 e. The van der Waals surface area contributed by atoms with E-state index >= 15 is 0 Å². The molecule has 32 heavy (non-hydrogen) atoms.